The van der Waals surface area contributed by atoms with E-state index >= 15 is 0 Å². The number of rotatable bonds is 6. The molecule has 2 N–H and O–H groups in total. The van der Waals surface area contributed by atoms with Gasteiger partial charge in [0.05, 0.1) is 6.61 Å². The van der Waals surface area contributed by atoms with Crippen LogP contribution in [0.15, 0.2) is 12.1 Å². The lowest BCUT2D eigenvalue weighted by molar-refractivity contribution is 0.318. The summed E-state index contributed by atoms with van der Waals surface area (Å²) < 4.78 is 6.07. The zero-order valence-electron chi connectivity index (χ0n) is 14.9. The van der Waals surface area contributed by atoms with Gasteiger partial charge in [-0.1, -0.05) is 52.3 Å². The molecule has 0 spiro atoms. The summed E-state index contributed by atoms with van der Waals surface area (Å²) >= 11 is 0. The van der Waals surface area contributed by atoms with Gasteiger partial charge in [-0.3, -0.25) is 0 Å². The van der Waals surface area contributed by atoms with Crippen molar-refractivity contribution < 1.29 is 4.74 Å². The molecule has 2 nitrogen and oxygen atoms in total. The van der Waals surface area contributed by atoms with Crippen molar-refractivity contribution in [1.29, 1.82) is 0 Å². The molecule has 0 heterocycles. The Hall–Kier alpha value is -1.02. The molecule has 0 bridgehead atoms. The van der Waals surface area contributed by atoms with E-state index in [2.05, 4.69) is 60.6 Å². The van der Waals surface area contributed by atoms with Crippen LogP contribution in [-0.2, 0) is 5.41 Å². The normalized spacial score (nSPS) is 14.9. The summed E-state index contributed by atoms with van der Waals surface area (Å²) in [4.78, 5) is 0. The van der Waals surface area contributed by atoms with Gasteiger partial charge in [-0.15, -0.1) is 0 Å². The molecule has 0 aliphatic carbocycles. The quantitative estimate of drug-likeness (QED) is 0.818. The Morgan fingerprint density at radius 2 is 1.81 bits per heavy atom. The van der Waals surface area contributed by atoms with Crippen LogP contribution < -0.4 is 10.5 Å². The highest BCUT2D eigenvalue weighted by Crippen LogP contribution is 2.41. The van der Waals surface area contributed by atoms with Crippen LogP contribution >= 0.6 is 0 Å². The molecular formula is C19H33NO. The number of ether oxygens (including phenoxy) is 1. The first-order valence-electron chi connectivity index (χ1n) is 8.20. The van der Waals surface area contributed by atoms with E-state index in [-0.39, 0.29) is 5.41 Å². The Kier molecular flexibility index (Phi) is 6.27. The molecule has 120 valence electrons. The number of hydrogen-bond donors (Lipinski definition) is 1. The molecule has 1 rings (SSSR count). The van der Waals surface area contributed by atoms with Gasteiger partial charge in [0.15, 0.2) is 0 Å². The summed E-state index contributed by atoms with van der Waals surface area (Å²) in [6, 6.07) is 4.56. The van der Waals surface area contributed by atoms with Crippen molar-refractivity contribution >= 4 is 0 Å². The van der Waals surface area contributed by atoms with Crippen molar-refractivity contribution in [2.45, 2.75) is 66.2 Å². The number of nitrogens with two attached hydrogens (primary N) is 1. The zero-order valence-corrected chi connectivity index (χ0v) is 14.9. The molecule has 0 amide bonds. The van der Waals surface area contributed by atoms with Crippen LogP contribution in [0, 0.1) is 12.8 Å². The van der Waals surface area contributed by atoms with Crippen LogP contribution in [-0.4, -0.2) is 13.2 Å². The predicted molar refractivity (Wildman–Crippen MR) is 92.3 cm³/mol. The fraction of sp³-hybridized carbons (Fsp3) is 0.684. The Morgan fingerprint density at radius 1 is 1.19 bits per heavy atom. The molecular weight excluding hydrogens is 258 g/mol. The van der Waals surface area contributed by atoms with Gasteiger partial charge in [0.1, 0.15) is 5.75 Å². The van der Waals surface area contributed by atoms with Crippen molar-refractivity contribution in [2.24, 2.45) is 11.7 Å². The molecule has 1 aromatic rings. The summed E-state index contributed by atoms with van der Waals surface area (Å²) in [5.74, 6) is 2.10. The molecule has 0 aromatic heterocycles. The van der Waals surface area contributed by atoms with Crippen LogP contribution in [0.3, 0.4) is 0 Å². The topological polar surface area (TPSA) is 35.2 Å². The van der Waals surface area contributed by atoms with E-state index in [1.807, 2.05) is 0 Å². The maximum atomic E-state index is 6.07. The maximum absolute atomic E-state index is 6.07. The van der Waals surface area contributed by atoms with Gasteiger partial charge >= 0.3 is 0 Å². The van der Waals surface area contributed by atoms with Crippen LogP contribution in [0.4, 0.5) is 0 Å². The molecule has 1 aromatic carbocycles. The first-order chi connectivity index (χ1) is 9.72. The SMILES string of the molecule is CCOc1c(C(C)C(C)CCN)cc(C)cc1C(C)(C)C. The van der Waals surface area contributed by atoms with E-state index in [9.17, 15) is 0 Å². The third-order valence-electron chi connectivity index (χ3n) is 4.32. The van der Waals surface area contributed by atoms with Crippen LogP contribution in [0.1, 0.15) is 70.6 Å². The van der Waals surface area contributed by atoms with Crippen molar-refractivity contribution in [3.05, 3.63) is 28.8 Å². The second-order valence-electron chi connectivity index (χ2n) is 7.26. The average Bonchev–Trinajstić information content (AvgIpc) is 2.38. The minimum Gasteiger partial charge on any atom is -0.493 e. The van der Waals surface area contributed by atoms with Crippen LogP contribution in [0.5, 0.6) is 5.75 Å². The third kappa shape index (κ3) is 4.47. The lowest BCUT2D eigenvalue weighted by Gasteiger charge is -2.29. The lowest BCUT2D eigenvalue weighted by atomic mass is 9.79. The first-order valence-corrected chi connectivity index (χ1v) is 8.20. The molecule has 2 atom stereocenters. The summed E-state index contributed by atoms with van der Waals surface area (Å²) in [7, 11) is 0. The van der Waals surface area contributed by atoms with Crippen molar-refractivity contribution in [3.8, 4) is 5.75 Å². The molecule has 0 fully saturated rings. The molecule has 2 heteroatoms. The smallest absolute Gasteiger partial charge is 0.126 e. The maximum Gasteiger partial charge on any atom is 0.126 e. The van der Waals surface area contributed by atoms with Gasteiger partial charge in [0, 0.05) is 5.56 Å². The Bertz CT molecular complexity index is 459. The largest absolute Gasteiger partial charge is 0.493 e. The second-order valence-corrected chi connectivity index (χ2v) is 7.26. The summed E-state index contributed by atoms with van der Waals surface area (Å²) in [5.41, 5.74) is 9.78. The molecule has 0 saturated heterocycles. The minimum absolute atomic E-state index is 0.0854. The minimum atomic E-state index is 0.0854. The van der Waals surface area contributed by atoms with Gasteiger partial charge in [0.2, 0.25) is 0 Å². The Balaban J connectivity index is 3.39. The Labute approximate surface area is 131 Å². The van der Waals surface area contributed by atoms with Gasteiger partial charge in [-0.2, -0.15) is 0 Å². The lowest BCUT2D eigenvalue weighted by Crippen LogP contribution is -2.18. The first kappa shape index (κ1) is 18.0. The summed E-state index contributed by atoms with van der Waals surface area (Å²) in [6.45, 7) is 17.0. The van der Waals surface area contributed by atoms with E-state index in [4.69, 9.17) is 10.5 Å². The van der Waals surface area contributed by atoms with Crippen molar-refractivity contribution in [1.82, 2.24) is 0 Å². The number of aryl methyl sites for hydroxylation is 1. The fourth-order valence-corrected chi connectivity index (χ4v) is 2.82. The molecule has 2 unspecified atom stereocenters. The highest BCUT2D eigenvalue weighted by Gasteiger charge is 2.26. The zero-order chi connectivity index (χ0) is 16.2. The van der Waals surface area contributed by atoms with Gasteiger partial charge in [0.25, 0.3) is 0 Å². The van der Waals surface area contributed by atoms with Crippen LogP contribution in [0.25, 0.3) is 0 Å². The number of benzene rings is 1. The molecule has 21 heavy (non-hydrogen) atoms. The monoisotopic (exact) mass is 291 g/mol. The second kappa shape index (κ2) is 7.31. The average molecular weight is 291 g/mol. The van der Waals surface area contributed by atoms with Crippen LogP contribution in [0.2, 0.25) is 0 Å². The van der Waals surface area contributed by atoms with Gasteiger partial charge in [-0.25, -0.2) is 0 Å². The van der Waals surface area contributed by atoms with E-state index in [1.54, 1.807) is 0 Å². The molecule has 0 aliphatic rings. The van der Waals surface area contributed by atoms with E-state index in [0.29, 0.717) is 18.4 Å². The van der Waals surface area contributed by atoms with Gasteiger partial charge in [-0.05, 0) is 49.6 Å². The van der Waals surface area contributed by atoms with E-state index in [1.165, 1.54) is 16.7 Å². The van der Waals surface area contributed by atoms with E-state index in [0.717, 1.165) is 18.7 Å². The van der Waals surface area contributed by atoms with Gasteiger partial charge < -0.3 is 10.5 Å². The predicted octanol–water partition coefficient (Wildman–Crippen LogP) is 4.78. The summed E-state index contributed by atoms with van der Waals surface area (Å²) in [6.07, 6.45) is 1.05. The van der Waals surface area contributed by atoms with Crippen molar-refractivity contribution in [3.63, 3.8) is 0 Å². The highest BCUT2D eigenvalue weighted by molar-refractivity contribution is 5.49. The fourth-order valence-electron chi connectivity index (χ4n) is 2.82. The molecule has 0 aliphatic heterocycles. The summed E-state index contributed by atoms with van der Waals surface area (Å²) in [5, 5.41) is 0. The molecule has 0 radical (unpaired) electrons. The standard InChI is InChI=1S/C19H33NO/c1-8-21-18-16(15(4)14(3)9-10-20)11-13(2)12-17(18)19(5,6)7/h11-12,14-15H,8-10,20H2,1-7H3. The molecule has 0 saturated carbocycles. The van der Waals surface area contributed by atoms with E-state index < -0.39 is 0 Å². The highest BCUT2D eigenvalue weighted by atomic mass is 16.5. The number of hydrogen-bond acceptors (Lipinski definition) is 2. The van der Waals surface area contributed by atoms with Crippen molar-refractivity contribution in [2.75, 3.05) is 13.2 Å². The third-order valence-corrected chi connectivity index (χ3v) is 4.32. The Morgan fingerprint density at radius 3 is 2.29 bits per heavy atom.